The third-order valence-corrected chi connectivity index (χ3v) is 8.68. The second-order valence-electron chi connectivity index (χ2n) is 12.4. The number of hydrogen-bond donors (Lipinski definition) is 2. The average Bonchev–Trinajstić information content (AvgIpc) is 3.12. The van der Waals surface area contributed by atoms with Crippen LogP contribution < -0.4 is 5.32 Å². The Balaban J connectivity index is 2.08. The number of amides is 1. The standard InChI is InChI=1S/C33H39NO6/c1-15(2)9-23-27-21(8)28(36)18(5)11-16(3)10-17(4)12-19(6)29(37)26-25-22(13-20(7)30(26)38)31(39)33(27,14-24(25)35)34-32(23)40/h10-13,15-16,21,23,27,38H,9,14H2,1-8H3,(H,34,40)/b17-10?,18-11?,19-12+. The summed E-state index contributed by atoms with van der Waals surface area (Å²) in [6.07, 6.45) is 5.52. The number of aryl methyl sites for hydroxylation is 1. The molecule has 1 aromatic carbocycles. The fourth-order valence-electron chi connectivity index (χ4n) is 7.08. The largest absolute Gasteiger partial charge is 0.507 e. The molecule has 1 heterocycles. The van der Waals surface area contributed by atoms with E-state index in [1.807, 2.05) is 39.8 Å². The summed E-state index contributed by atoms with van der Waals surface area (Å²) >= 11 is 0. The summed E-state index contributed by atoms with van der Waals surface area (Å²) in [5.74, 6) is -4.57. The number of aromatic hydroxyl groups is 1. The maximum absolute atomic E-state index is 14.5. The highest BCUT2D eigenvalue weighted by molar-refractivity contribution is 6.26. The van der Waals surface area contributed by atoms with Crippen molar-refractivity contribution in [2.24, 2.45) is 29.6 Å². The van der Waals surface area contributed by atoms with E-state index in [2.05, 4.69) is 5.32 Å². The predicted octanol–water partition coefficient (Wildman–Crippen LogP) is 5.49. The van der Waals surface area contributed by atoms with E-state index in [9.17, 15) is 29.1 Å². The van der Waals surface area contributed by atoms with Gasteiger partial charge >= 0.3 is 0 Å². The monoisotopic (exact) mass is 545 g/mol. The molecule has 212 valence electrons. The number of phenolic OH excluding ortho intramolecular Hbond substituents is 1. The maximum Gasteiger partial charge on any atom is 0.224 e. The van der Waals surface area contributed by atoms with E-state index < -0.39 is 40.6 Å². The Kier molecular flexibility index (Phi) is 7.65. The van der Waals surface area contributed by atoms with Crippen molar-refractivity contribution in [1.29, 1.82) is 0 Å². The van der Waals surface area contributed by atoms with Crippen LogP contribution in [0.25, 0.3) is 0 Å². The predicted molar refractivity (Wildman–Crippen MR) is 152 cm³/mol. The van der Waals surface area contributed by atoms with Crippen LogP contribution in [0.15, 0.2) is 41.0 Å². The number of benzene rings is 1. The molecule has 7 heteroatoms. The summed E-state index contributed by atoms with van der Waals surface area (Å²) in [5, 5.41) is 13.9. The Hall–Kier alpha value is -3.61. The van der Waals surface area contributed by atoms with Crippen molar-refractivity contribution >= 4 is 29.0 Å². The Bertz CT molecular complexity index is 1440. The van der Waals surface area contributed by atoms with Gasteiger partial charge in [0.25, 0.3) is 0 Å². The van der Waals surface area contributed by atoms with E-state index >= 15 is 0 Å². The first-order chi connectivity index (χ1) is 18.6. The molecule has 5 atom stereocenters. The Morgan fingerprint density at radius 3 is 2.25 bits per heavy atom. The van der Waals surface area contributed by atoms with Gasteiger partial charge in [-0.15, -0.1) is 0 Å². The minimum absolute atomic E-state index is 0.00177. The number of nitrogens with one attached hydrogen (secondary N) is 1. The number of rotatable bonds is 2. The van der Waals surface area contributed by atoms with Crippen LogP contribution >= 0.6 is 0 Å². The van der Waals surface area contributed by atoms with Crippen molar-refractivity contribution in [3.8, 4) is 5.75 Å². The van der Waals surface area contributed by atoms with E-state index in [4.69, 9.17) is 0 Å². The van der Waals surface area contributed by atoms with Crippen molar-refractivity contribution in [2.75, 3.05) is 0 Å². The zero-order valence-corrected chi connectivity index (χ0v) is 24.6. The molecule has 5 rings (SSSR count). The molecule has 2 N–H and O–H groups in total. The first-order valence-electron chi connectivity index (χ1n) is 14.0. The lowest BCUT2D eigenvalue weighted by Gasteiger charge is -2.41. The number of Topliss-reactive ketones (excluding diaryl/α,β-unsaturated/α-hetero) is 4. The van der Waals surface area contributed by atoms with Gasteiger partial charge in [-0.3, -0.25) is 24.0 Å². The smallest absolute Gasteiger partial charge is 0.224 e. The van der Waals surface area contributed by atoms with Gasteiger partial charge in [0.2, 0.25) is 5.91 Å². The molecular weight excluding hydrogens is 506 g/mol. The number of carbonyl (C=O) groups excluding carboxylic acids is 5. The van der Waals surface area contributed by atoms with E-state index in [0.717, 1.165) is 5.57 Å². The SMILES string of the molecule is CC1=CC(C)C=C(C)C(=O)C(C)C2C(CC(C)C)C(=O)NC23CC(=O)c2c(cc(C)c(O)c2C(=O)/C(C)=C/1)C3=O. The van der Waals surface area contributed by atoms with Gasteiger partial charge in [0, 0.05) is 35.3 Å². The van der Waals surface area contributed by atoms with Gasteiger partial charge in [-0.2, -0.15) is 0 Å². The minimum atomic E-state index is -1.62. The molecule has 4 aliphatic rings. The van der Waals surface area contributed by atoms with Crippen molar-refractivity contribution in [3.05, 3.63) is 63.3 Å². The molecule has 5 unspecified atom stereocenters. The van der Waals surface area contributed by atoms with Gasteiger partial charge in [0.15, 0.2) is 23.1 Å². The number of hydrogen-bond acceptors (Lipinski definition) is 6. The van der Waals surface area contributed by atoms with Gasteiger partial charge in [0.05, 0.1) is 5.56 Å². The molecule has 3 aliphatic carbocycles. The Morgan fingerprint density at radius 2 is 1.62 bits per heavy atom. The lowest BCUT2D eigenvalue weighted by Crippen LogP contribution is -2.59. The zero-order chi connectivity index (χ0) is 29.8. The van der Waals surface area contributed by atoms with Crippen LogP contribution in [0.1, 0.15) is 97.9 Å². The van der Waals surface area contributed by atoms with E-state index in [1.54, 1.807) is 33.8 Å². The Labute approximate surface area is 235 Å². The van der Waals surface area contributed by atoms with E-state index in [-0.39, 0.29) is 58.0 Å². The third kappa shape index (κ3) is 4.69. The molecule has 40 heavy (non-hydrogen) atoms. The van der Waals surface area contributed by atoms with E-state index in [0.29, 0.717) is 17.6 Å². The first kappa shape index (κ1) is 29.4. The van der Waals surface area contributed by atoms with E-state index in [1.165, 1.54) is 6.07 Å². The summed E-state index contributed by atoms with van der Waals surface area (Å²) in [6, 6.07) is 1.42. The van der Waals surface area contributed by atoms with Crippen LogP contribution in [0, 0.1) is 36.5 Å². The number of phenols is 1. The second kappa shape index (κ2) is 10.4. The van der Waals surface area contributed by atoms with Gasteiger partial charge in [0.1, 0.15) is 11.3 Å². The minimum Gasteiger partial charge on any atom is -0.507 e. The number of ketones is 4. The molecule has 0 aromatic heterocycles. The van der Waals surface area contributed by atoms with Crippen molar-refractivity contribution in [2.45, 2.75) is 73.8 Å². The molecule has 7 nitrogen and oxygen atoms in total. The van der Waals surface area contributed by atoms with Crippen LogP contribution in [0.5, 0.6) is 5.75 Å². The van der Waals surface area contributed by atoms with Crippen LogP contribution in [0.2, 0.25) is 0 Å². The fraction of sp³-hybridized carbons (Fsp3) is 0.485. The fourth-order valence-corrected chi connectivity index (χ4v) is 7.08. The highest BCUT2D eigenvalue weighted by Crippen LogP contribution is 2.49. The van der Waals surface area contributed by atoms with Crippen molar-refractivity contribution in [1.82, 2.24) is 5.32 Å². The molecule has 1 aliphatic heterocycles. The van der Waals surface area contributed by atoms with Gasteiger partial charge in [-0.25, -0.2) is 0 Å². The summed E-state index contributed by atoms with van der Waals surface area (Å²) in [5.41, 5.74) is -0.0620. The summed E-state index contributed by atoms with van der Waals surface area (Å²) < 4.78 is 0. The lowest BCUT2D eigenvalue weighted by molar-refractivity contribution is -0.124. The van der Waals surface area contributed by atoms with Crippen LogP contribution in [-0.4, -0.2) is 39.7 Å². The van der Waals surface area contributed by atoms with Crippen molar-refractivity contribution in [3.63, 3.8) is 0 Å². The molecule has 1 amide bonds. The molecule has 0 radical (unpaired) electrons. The van der Waals surface area contributed by atoms with Crippen LogP contribution in [-0.2, 0) is 9.59 Å². The molecule has 1 spiro atoms. The molecule has 0 saturated carbocycles. The zero-order valence-electron chi connectivity index (χ0n) is 24.6. The third-order valence-electron chi connectivity index (χ3n) is 8.68. The topological polar surface area (TPSA) is 118 Å². The van der Waals surface area contributed by atoms with Gasteiger partial charge in [-0.1, -0.05) is 51.5 Å². The first-order valence-corrected chi connectivity index (χ1v) is 14.0. The number of carbonyl (C=O) groups is 5. The molecule has 1 fully saturated rings. The van der Waals surface area contributed by atoms with Gasteiger partial charge < -0.3 is 10.4 Å². The average molecular weight is 546 g/mol. The number of fused-ring (bicyclic) bond motifs is 7. The lowest BCUT2D eigenvalue weighted by atomic mass is 9.61. The highest BCUT2D eigenvalue weighted by Gasteiger charge is 2.63. The quantitative estimate of drug-likeness (QED) is 0.507. The molecule has 1 aromatic rings. The molecular formula is C33H39NO6. The van der Waals surface area contributed by atoms with Gasteiger partial charge in [-0.05, 0) is 68.7 Å². The summed E-state index contributed by atoms with van der Waals surface area (Å²) in [7, 11) is 0. The summed E-state index contributed by atoms with van der Waals surface area (Å²) in [4.78, 5) is 69.5. The second-order valence-corrected chi connectivity index (χ2v) is 12.4. The maximum atomic E-state index is 14.5. The normalized spacial score (nSPS) is 30.6. The molecule has 1 saturated heterocycles. The van der Waals surface area contributed by atoms with Crippen LogP contribution in [0.3, 0.4) is 0 Å². The van der Waals surface area contributed by atoms with Crippen molar-refractivity contribution < 1.29 is 29.1 Å². The summed E-state index contributed by atoms with van der Waals surface area (Å²) in [6.45, 7) is 14.4. The number of allylic oxidation sites excluding steroid dienone is 6. The van der Waals surface area contributed by atoms with Crippen LogP contribution in [0.4, 0.5) is 0 Å². The molecule has 4 bridgehead atoms. The Morgan fingerprint density at radius 1 is 0.975 bits per heavy atom. The highest BCUT2D eigenvalue weighted by atomic mass is 16.3.